The highest BCUT2D eigenvalue weighted by molar-refractivity contribution is 7.85. The van der Waals surface area contributed by atoms with E-state index in [9.17, 15) is 13.5 Å². The van der Waals surface area contributed by atoms with E-state index in [2.05, 4.69) is 0 Å². The fourth-order valence-electron chi connectivity index (χ4n) is 2.37. The second-order valence-corrected chi connectivity index (χ2v) is 6.45. The zero-order chi connectivity index (χ0) is 16.0. The normalized spacial score (nSPS) is 21.4. The summed E-state index contributed by atoms with van der Waals surface area (Å²) in [6.07, 6.45) is 3.51. The Hall–Kier alpha value is -1.31. The number of aliphatic hydroxyl groups is 1. The number of benzene rings is 1. The summed E-state index contributed by atoms with van der Waals surface area (Å²) in [5, 5.41) is 9.89. The third-order valence-corrected chi connectivity index (χ3v) is 3.28. The molecule has 2 N–H and O–H groups in total. The van der Waals surface area contributed by atoms with Gasteiger partial charge in [-0.05, 0) is 30.5 Å². The van der Waals surface area contributed by atoms with E-state index in [1.54, 1.807) is 14.2 Å². The number of methoxy groups -OCH3 is 2. The number of ether oxygens (including phenoxy) is 2. The monoisotopic (exact) mass is 318 g/mol. The largest absolute Gasteiger partial charge is 0.497 e. The van der Waals surface area contributed by atoms with Crippen molar-refractivity contribution in [1.82, 2.24) is 0 Å². The Labute approximate surface area is 125 Å². The quantitative estimate of drug-likeness (QED) is 0.826. The summed E-state index contributed by atoms with van der Waals surface area (Å²) in [6.45, 7) is 0. The summed E-state index contributed by atoms with van der Waals surface area (Å²) in [5.41, 5.74) is 1.11. The summed E-state index contributed by atoms with van der Waals surface area (Å²) in [7, 11) is -0.382. The molecule has 2 atom stereocenters. The van der Waals surface area contributed by atoms with Crippen LogP contribution in [0.4, 0.5) is 0 Å². The lowest BCUT2D eigenvalue weighted by Crippen LogP contribution is -2.11. The van der Waals surface area contributed by atoms with E-state index in [1.807, 2.05) is 18.2 Å². The lowest BCUT2D eigenvalue weighted by Gasteiger charge is -2.16. The first kappa shape index (κ1) is 17.7. The third-order valence-electron chi connectivity index (χ3n) is 3.28. The highest BCUT2D eigenvalue weighted by Gasteiger charge is 2.27. The maximum absolute atomic E-state index is 9.89. The molecule has 0 radical (unpaired) electrons. The Kier molecular flexibility index (Phi) is 6.44. The van der Waals surface area contributed by atoms with Crippen molar-refractivity contribution >= 4 is 10.1 Å². The molecule has 0 unspecified atom stereocenters. The van der Waals surface area contributed by atoms with Gasteiger partial charge in [-0.3, -0.25) is 4.55 Å². The van der Waals surface area contributed by atoms with E-state index in [4.69, 9.17) is 14.0 Å². The molecule has 0 spiro atoms. The maximum atomic E-state index is 9.89. The van der Waals surface area contributed by atoms with Gasteiger partial charge in [-0.25, -0.2) is 0 Å². The predicted octanol–water partition coefficient (Wildman–Crippen LogP) is 1.84. The van der Waals surface area contributed by atoms with Crippen LogP contribution in [0.5, 0.6) is 11.5 Å². The molecule has 120 valence electrons. The van der Waals surface area contributed by atoms with E-state index in [0.717, 1.165) is 36.3 Å². The Morgan fingerprint density at radius 3 is 1.90 bits per heavy atom. The highest BCUT2D eigenvalue weighted by Crippen LogP contribution is 2.37. The Bertz CT molecular complexity index is 524. The number of hydrogen-bond donors (Lipinski definition) is 2. The smallest absolute Gasteiger partial charge is 0.261 e. The highest BCUT2D eigenvalue weighted by atomic mass is 32.2. The molecular weight excluding hydrogens is 296 g/mol. The van der Waals surface area contributed by atoms with Crippen LogP contribution in [0.3, 0.4) is 0 Å². The Morgan fingerprint density at radius 1 is 1.10 bits per heavy atom. The van der Waals surface area contributed by atoms with Crippen LogP contribution in [0, 0.1) is 0 Å². The van der Waals surface area contributed by atoms with Gasteiger partial charge in [0.1, 0.15) is 11.5 Å². The zero-order valence-electron chi connectivity index (χ0n) is 12.4. The molecule has 6 nitrogen and oxygen atoms in total. The van der Waals surface area contributed by atoms with Crippen LogP contribution < -0.4 is 9.47 Å². The zero-order valence-corrected chi connectivity index (χ0v) is 13.3. The summed E-state index contributed by atoms with van der Waals surface area (Å²) in [5.74, 6) is 1.80. The number of hydrogen-bond acceptors (Lipinski definition) is 5. The molecule has 1 aromatic rings. The molecule has 7 heteroatoms. The molecule has 0 bridgehead atoms. The minimum Gasteiger partial charge on any atom is -0.497 e. The molecular formula is C14H22O6S. The first-order valence-electron chi connectivity index (χ1n) is 6.58. The predicted molar refractivity (Wildman–Crippen MR) is 79.6 cm³/mol. The Balaban J connectivity index is 0.000000383. The van der Waals surface area contributed by atoms with Crippen molar-refractivity contribution in [2.75, 3.05) is 20.5 Å². The van der Waals surface area contributed by atoms with E-state index < -0.39 is 10.1 Å². The second-order valence-electron chi connectivity index (χ2n) is 4.98. The lowest BCUT2D eigenvalue weighted by molar-refractivity contribution is 0.163. The van der Waals surface area contributed by atoms with Crippen molar-refractivity contribution in [3.8, 4) is 11.5 Å². The van der Waals surface area contributed by atoms with Crippen molar-refractivity contribution in [2.45, 2.75) is 31.3 Å². The van der Waals surface area contributed by atoms with Gasteiger partial charge in [-0.15, -0.1) is 0 Å². The fourth-order valence-corrected chi connectivity index (χ4v) is 2.37. The molecule has 1 saturated carbocycles. The van der Waals surface area contributed by atoms with Gasteiger partial charge in [0, 0.05) is 12.0 Å². The SMILES string of the molecule is COc1cc(OC)cc([C@@H]2CCC[C@H]2O)c1.CS(=O)(=O)O. The van der Waals surface area contributed by atoms with Gasteiger partial charge in [0.25, 0.3) is 10.1 Å². The fraction of sp³-hybridized carbons (Fsp3) is 0.571. The van der Waals surface area contributed by atoms with Gasteiger partial charge < -0.3 is 14.6 Å². The summed E-state index contributed by atoms with van der Waals surface area (Å²) in [6, 6.07) is 5.83. The van der Waals surface area contributed by atoms with Crippen LogP contribution in [0.1, 0.15) is 30.7 Å². The Morgan fingerprint density at radius 2 is 1.57 bits per heavy atom. The molecule has 0 saturated heterocycles. The minimum atomic E-state index is -3.67. The van der Waals surface area contributed by atoms with Gasteiger partial charge in [0.05, 0.1) is 26.6 Å². The van der Waals surface area contributed by atoms with Crippen LogP contribution in [0.25, 0.3) is 0 Å². The number of aliphatic hydroxyl groups excluding tert-OH is 1. The molecule has 21 heavy (non-hydrogen) atoms. The van der Waals surface area contributed by atoms with Crippen LogP contribution in [-0.2, 0) is 10.1 Å². The van der Waals surface area contributed by atoms with Crippen LogP contribution >= 0.6 is 0 Å². The molecule has 2 rings (SSSR count). The van der Waals surface area contributed by atoms with Gasteiger partial charge >= 0.3 is 0 Å². The van der Waals surface area contributed by atoms with Gasteiger partial charge in [-0.2, -0.15) is 8.42 Å². The van der Waals surface area contributed by atoms with Crippen molar-refractivity contribution in [3.63, 3.8) is 0 Å². The van der Waals surface area contributed by atoms with Crippen molar-refractivity contribution in [3.05, 3.63) is 23.8 Å². The van der Waals surface area contributed by atoms with E-state index in [1.165, 1.54) is 0 Å². The van der Waals surface area contributed by atoms with Crippen molar-refractivity contribution in [2.24, 2.45) is 0 Å². The van der Waals surface area contributed by atoms with Gasteiger partial charge in [-0.1, -0.05) is 6.42 Å². The molecule has 1 aliphatic rings. The molecule has 0 aromatic heterocycles. The molecule has 0 heterocycles. The van der Waals surface area contributed by atoms with Crippen molar-refractivity contribution < 1.29 is 27.6 Å². The van der Waals surface area contributed by atoms with Gasteiger partial charge in [0.15, 0.2) is 0 Å². The standard InChI is InChI=1S/C13H18O3.CH4O3S/c1-15-10-6-9(7-11(8-10)16-2)12-4-3-5-13(12)14;1-5(2,3)4/h6-8,12-14H,3-5H2,1-2H3;1H3,(H,2,3,4)/t12-,13+;/m0./s1. The van der Waals surface area contributed by atoms with Crippen LogP contribution in [0.15, 0.2) is 18.2 Å². The molecule has 1 aliphatic carbocycles. The molecule has 1 aromatic carbocycles. The van der Waals surface area contributed by atoms with E-state index in [0.29, 0.717) is 6.26 Å². The summed E-state index contributed by atoms with van der Waals surface area (Å²) < 4.78 is 36.3. The second kappa shape index (κ2) is 7.63. The minimum absolute atomic E-state index is 0.225. The first-order chi connectivity index (χ1) is 9.74. The molecule has 0 amide bonds. The van der Waals surface area contributed by atoms with Crippen LogP contribution in [-0.4, -0.2) is 44.7 Å². The summed E-state index contributed by atoms with van der Waals surface area (Å²) >= 11 is 0. The molecule has 1 fully saturated rings. The first-order valence-corrected chi connectivity index (χ1v) is 8.43. The van der Waals surface area contributed by atoms with Gasteiger partial charge in [0.2, 0.25) is 0 Å². The average Bonchev–Trinajstić information content (AvgIpc) is 2.82. The van der Waals surface area contributed by atoms with Crippen LogP contribution in [0.2, 0.25) is 0 Å². The van der Waals surface area contributed by atoms with Crippen molar-refractivity contribution in [1.29, 1.82) is 0 Å². The third kappa shape index (κ3) is 6.33. The maximum Gasteiger partial charge on any atom is 0.261 e. The van der Waals surface area contributed by atoms with E-state index in [-0.39, 0.29) is 12.0 Å². The number of rotatable bonds is 3. The average molecular weight is 318 g/mol. The molecule has 0 aliphatic heterocycles. The topological polar surface area (TPSA) is 93.1 Å². The van der Waals surface area contributed by atoms with E-state index >= 15 is 0 Å². The summed E-state index contributed by atoms with van der Waals surface area (Å²) in [4.78, 5) is 0. The lowest BCUT2D eigenvalue weighted by atomic mass is 9.95.